The van der Waals surface area contributed by atoms with E-state index >= 15 is 0 Å². The number of nitrogens with zero attached hydrogens (tertiary/aromatic N) is 2. The summed E-state index contributed by atoms with van der Waals surface area (Å²) in [5.41, 5.74) is 2.32. The third-order valence-corrected chi connectivity index (χ3v) is 7.53. The normalized spacial score (nSPS) is 27.5. The minimum absolute atomic E-state index is 0.0890. The highest BCUT2D eigenvalue weighted by molar-refractivity contribution is 7.89. The van der Waals surface area contributed by atoms with Gasteiger partial charge in [-0.15, -0.1) is 0 Å². The van der Waals surface area contributed by atoms with Gasteiger partial charge in [0, 0.05) is 37.9 Å². The predicted octanol–water partition coefficient (Wildman–Crippen LogP) is 0.739. The fraction of sp³-hybridized carbons (Fsp3) is 0.611. The van der Waals surface area contributed by atoms with E-state index in [-0.39, 0.29) is 19.0 Å². The standard InChI is InChI=1S/C18H27N3O4S/c1-13-5-4-6-15(9-13)21-8-7-20(12-14(21)2)26(23,24)16-10-17(19-11-16)18(22)25-3/h4-6,9,14,16-17,19H,7-8,10-12H2,1-3H3. The molecule has 2 aliphatic rings. The van der Waals surface area contributed by atoms with E-state index in [9.17, 15) is 13.2 Å². The summed E-state index contributed by atoms with van der Waals surface area (Å²) in [7, 11) is -2.13. The van der Waals surface area contributed by atoms with Crippen LogP contribution >= 0.6 is 0 Å². The second-order valence-electron chi connectivity index (χ2n) is 7.13. The van der Waals surface area contributed by atoms with Gasteiger partial charge in [-0.25, -0.2) is 8.42 Å². The van der Waals surface area contributed by atoms with E-state index in [1.165, 1.54) is 12.7 Å². The van der Waals surface area contributed by atoms with E-state index in [1.54, 1.807) is 4.31 Å². The van der Waals surface area contributed by atoms with Crippen molar-refractivity contribution in [3.63, 3.8) is 0 Å². The van der Waals surface area contributed by atoms with Gasteiger partial charge in [0.2, 0.25) is 10.0 Å². The maximum absolute atomic E-state index is 13.0. The largest absolute Gasteiger partial charge is 0.468 e. The molecule has 2 fully saturated rings. The summed E-state index contributed by atoms with van der Waals surface area (Å²) in [6.45, 7) is 5.96. The zero-order valence-electron chi connectivity index (χ0n) is 15.5. The van der Waals surface area contributed by atoms with Crippen LogP contribution in [0.3, 0.4) is 0 Å². The van der Waals surface area contributed by atoms with E-state index in [1.807, 2.05) is 13.0 Å². The molecule has 2 saturated heterocycles. The van der Waals surface area contributed by atoms with Gasteiger partial charge in [0.15, 0.2) is 0 Å². The third-order valence-electron chi connectivity index (χ3n) is 5.28. The summed E-state index contributed by atoms with van der Waals surface area (Å²) >= 11 is 0. The summed E-state index contributed by atoms with van der Waals surface area (Å²) in [5.74, 6) is -0.402. The molecule has 3 rings (SSSR count). The van der Waals surface area contributed by atoms with Crippen LogP contribution in [-0.4, -0.2) is 69.3 Å². The molecule has 144 valence electrons. The number of sulfonamides is 1. The number of carbonyl (C=O) groups is 1. The van der Waals surface area contributed by atoms with Crippen LogP contribution in [0.5, 0.6) is 0 Å². The number of aryl methyl sites for hydroxylation is 1. The molecule has 1 N–H and O–H groups in total. The Labute approximate surface area is 155 Å². The van der Waals surface area contributed by atoms with Gasteiger partial charge in [0.1, 0.15) is 6.04 Å². The van der Waals surface area contributed by atoms with Gasteiger partial charge in [-0.05, 0) is 38.0 Å². The molecule has 26 heavy (non-hydrogen) atoms. The molecule has 0 saturated carbocycles. The SMILES string of the molecule is COC(=O)C1CC(S(=O)(=O)N2CCN(c3cccc(C)c3)C(C)C2)CN1. The Morgan fingerprint density at radius 2 is 2.08 bits per heavy atom. The maximum Gasteiger partial charge on any atom is 0.322 e. The molecule has 0 bridgehead atoms. The number of methoxy groups -OCH3 is 1. The van der Waals surface area contributed by atoms with Crippen LogP contribution < -0.4 is 10.2 Å². The number of benzene rings is 1. The lowest BCUT2D eigenvalue weighted by molar-refractivity contribution is -0.142. The summed E-state index contributed by atoms with van der Waals surface area (Å²) in [5, 5.41) is 2.38. The van der Waals surface area contributed by atoms with Gasteiger partial charge in [0.25, 0.3) is 0 Å². The van der Waals surface area contributed by atoms with Gasteiger partial charge in [-0.2, -0.15) is 4.31 Å². The average Bonchev–Trinajstić information content (AvgIpc) is 3.12. The second kappa shape index (κ2) is 7.54. The fourth-order valence-electron chi connectivity index (χ4n) is 3.81. The smallest absolute Gasteiger partial charge is 0.322 e. The van der Waals surface area contributed by atoms with Crippen molar-refractivity contribution in [2.24, 2.45) is 0 Å². The lowest BCUT2D eigenvalue weighted by Crippen LogP contribution is -2.55. The Bertz CT molecular complexity index is 767. The lowest BCUT2D eigenvalue weighted by Gasteiger charge is -2.41. The van der Waals surface area contributed by atoms with Crippen molar-refractivity contribution in [2.75, 3.05) is 38.2 Å². The van der Waals surface area contributed by atoms with Gasteiger partial charge >= 0.3 is 5.97 Å². The van der Waals surface area contributed by atoms with Crippen LogP contribution in [0.4, 0.5) is 5.69 Å². The van der Waals surface area contributed by atoms with Crippen molar-refractivity contribution in [3.05, 3.63) is 29.8 Å². The van der Waals surface area contributed by atoms with Gasteiger partial charge in [-0.1, -0.05) is 12.1 Å². The molecule has 1 aromatic carbocycles. The van der Waals surface area contributed by atoms with E-state index in [4.69, 9.17) is 4.74 Å². The number of ether oxygens (including phenoxy) is 1. The Kier molecular flexibility index (Phi) is 5.55. The summed E-state index contributed by atoms with van der Waals surface area (Å²) in [4.78, 5) is 13.9. The number of anilines is 1. The van der Waals surface area contributed by atoms with E-state index < -0.39 is 27.3 Å². The van der Waals surface area contributed by atoms with Crippen LogP contribution in [0.15, 0.2) is 24.3 Å². The maximum atomic E-state index is 13.0. The molecule has 0 radical (unpaired) electrons. The van der Waals surface area contributed by atoms with Gasteiger partial charge in [-0.3, -0.25) is 4.79 Å². The number of hydrogen-bond acceptors (Lipinski definition) is 6. The highest BCUT2D eigenvalue weighted by Crippen LogP contribution is 2.26. The van der Waals surface area contributed by atoms with Gasteiger partial charge < -0.3 is 15.0 Å². The zero-order valence-corrected chi connectivity index (χ0v) is 16.3. The van der Waals surface area contributed by atoms with Crippen LogP contribution in [0.2, 0.25) is 0 Å². The molecule has 2 heterocycles. The monoisotopic (exact) mass is 381 g/mol. The molecule has 0 amide bonds. The number of hydrogen-bond donors (Lipinski definition) is 1. The Hall–Kier alpha value is -1.64. The molecule has 2 aliphatic heterocycles. The first-order valence-electron chi connectivity index (χ1n) is 8.96. The van der Waals surface area contributed by atoms with Crippen molar-refractivity contribution in [2.45, 2.75) is 37.6 Å². The quantitative estimate of drug-likeness (QED) is 0.775. The van der Waals surface area contributed by atoms with Crippen molar-refractivity contribution in [3.8, 4) is 0 Å². The molecule has 8 heteroatoms. The van der Waals surface area contributed by atoms with E-state index in [0.717, 1.165) is 5.69 Å². The highest BCUT2D eigenvalue weighted by atomic mass is 32.2. The van der Waals surface area contributed by atoms with E-state index in [2.05, 4.69) is 35.3 Å². The van der Waals surface area contributed by atoms with Crippen molar-refractivity contribution in [1.29, 1.82) is 0 Å². The number of esters is 1. The summed E-state index contributed by atoms with van der Waals surface area (Å²) < 4.78 is 32.3. The topological polar surface area (TPSA) is 79.0 Å². The first-order valence-corrected chi connectivity index (χ1v) is 10.5. The molecular weight excluding hydrogens is 354 g/mol. The molecule has 3 atom stereocenters. The minimum atomic E-state index is -3.45. The summed E-state index contributed by atoms with van der Waals surface area (Å²) in [6.07, 6.45) is 0.265. The minimum Gasteiger partial charge on any atom is -0.468 e. The van der Waals surface area contributed by atoms with Crippen LogP contribution in [-0.2, 0) is 19.6 Å². The van der Waals surface area contributed by atoms with Crippen LogP contribution in [0.1, 0.15) is 18.9 Å². The summed E-state index contributed by atoms with van der Waals surface area (Å²) in [6, 6.07) is 7.83. The highest BCUT2D eigenvalue weighted by Gasteiger charge is 2.42. The average molecular weight is 381 g/mol. The number of piperazine rings is 1. The third kappa shape index (κ3) is 3.72. The van der Waals surface area contributed by atoms with Crippen molar-refractivity contribution in [1.82, 2.24) is 9.62 Å². The Morgan fingerprint density at radius 3 is 2.73 bits per heavy atom. The molecular formula is C18H27N3O4S. The zero-order chi connectivity index (χ0) is 18.9. The molecule has 0 aliphatic carbocycles. The first kappa shape index (κ1) is 19.1. The first-order chi connectivity index (χ1) is 12.3. The van der Waals surface area contributed by atoms with Crippen molar-refractivity contribution >= 4 is 21.7 Å². The molecule has 1 aromatic rings. The molecule has 3 unspecified atom stereocenters. The van der Waals surface area contributed by atoms with Crippen LogP contribution in [0.25, 0.3) is 0 Å². The van der Waals surface area contributed by atoms with Gasteiger partial charge in [0.05, 0.1) is 12.4 Å². The Balaban J connectivity index is 1.67. The fourth-order valence-corrected chi connectivity index (χ4v) is 5.73. The molecule has 7 nitrogen and oxygen atoms in total. The van der Waals surface area contributed by atoms with Crippen molar-refractivity contribution < 1.29 is 17.9 Å². The second-order valence-corrected chi connectivity index (χ2v) is 9.34. The Morgan fingerprint density at radius 1 is 1.31 bits per heavy atom. The number of carbonyl (C=O) groups excluding carboxylic acids is 1. The molecule has 0 spiro atoms. The molecule has 0 aromatic heterocycles. The lowest BCUT2D eigenvalue weighted by atomic mass is 10.1. The number of rotatable bonds is 4. The van der Waals surface area contributed by atoms with Crippen LogP contribution in [0, 0.1) is 6.92 Å². The predicted molar refractivity (Wildman–Crippen MR) is 101 cm³/mol. The van der Waals surface area contributed by atoms with E-state index in [0.29, 0.717) is 19.6 Å². The number of nitrogens with one attached hydrogen (secondary N) is 1.